The van der Waals surface area contributed by atoms with Gasteiger partial charge in [0.15, 0.2) is 0 Å². The second kappa shape index (κ2) is 10.3. The summed E-state index contributed by atoms with van der Waals surface area (Å²) in [6, 6.07) is 23.2. The first-order chi connectivity index (χ1) is 16.3. The molecule has 3 aromatic carbocycles. The summed E-state index contributed by atoms with van der Waals surface area (Å²) < 4.78 is 27.9. The van der Waals surface area contributed by atoms with Crippen molar-refractivity contribution in [2.24, 2.45) is 5.92 Å². The van der Waals surface area contributed by atoms with E-state index >= 15 is 0 Å². The highest BCUT2D eigenvalue weighted by atomic mass is 32.2. The van der Waals surface area contributed by atoms with Gasteiger partial charge >= 0.3 is 0 Å². The van der Waals surface area contributed by atoms with Crippen molar-refractivity contribution in [2.75, 3.05) is 32.4 Å². The molecule has 3 nitrogen and oxygen atoms in total. The molecular weight excluding hydrogens is 450 g/mol. The predicted octanol–water partition coefficient (Wildman–Crippen LogP) is 5.24. The molecule has 178 valence electrons. The minimum atomic E-state index is -0.996. The number of nitrogens with zero attached hydrogens (tertiary/aromatic N) is 1. The van der Waals surface area contributed by atoms with Crippen molar-refractivity contribution in [3.05, 3.63) is 102 Å². The Morgan fingerprint density at radius 3 is 2.21 bits per heavy atom. The van der Waals surface area contributed by atoms with Crippen LogP contribution < -0.4 is 5.11 Å². The molecule has 2 atom stereocenters. The zero-order valence-electron chi connectivity index (χ0n) is 19.3. The van der Waals surface area contributed by atoms with Crippen LogP contribution in [0.3, 0.4) is 0 Å². The highest BCUT2D eigenvalue weighted by Crippen LogP contribution is 2.45. The normalized spacial score (nSPS) is 20.4. The van der Waals surface area contributed by atoms with E-state index in [0.717, 1.165) is 59.9 Å². The van der Waals surface area contributed by atoms with E-state index in [1.807, 2.05) is 60.7 Å². The molecule has 34 heavy (non-hydrogen) atoms. The Labute approximate surface area is 204 Å². The first-order valence-electron chi connectivity index (χ1n) is 11.6. The van der Waals surface area contributed by atoms with Crippen LogP contribution in [0.2, 0.25) is 0 Å². The van der Waals surface area contributed by atoms with Crippen molar-refractivity contribution in [3.63, 3.8) is 0 Å². The average molecular weight is 481 g/mol. The van der Waals surface area contributed by atoms with Gasteiger partial charge in [0.25, 0.3) is 0 Å². The monoisotopic (exact) mass is 480 g/mol. The number of thioether (sulfide) groups is 1. The standard InChI is InChI=1S/C28H30F2N2OS/c1-32(16-8-18-34-26-14-13-24(29)19-25(26)30)17-15-23(20-32)28(27(31)33,21-9-4-2-5-10-21)22-11-6-3-7-12-22/h2-7,9-14,19,23H,8,15-18,20H2,1H3,(H-,31,33). The Bertz CT molecular complexity index is 1090. The van der Waals surface area contributed by atoms with E-state index < -0.39 is 22.9 Å². The molecule has 1 fully saturated rings. The molecule has 4 rings (SSSR count). The third-order valence-corrected chi connectivity index (χ3v) is 8.24. The molecule has 0 spiro atoms. The van der Waals surface area contributed by atoms with Crippen LogP contribution in [0.4, 0.5) is 8.78 Å². The SMILES string of the molecule is C[N+]1(CCCSc2ccc(F)cc2F)CCC(C(C(=N)[O-])(c2ccccc2)c2ccccc2)C1. The third kappa shape index (κ3) is 4.89. The van der Waals surface area contributed by atoms with Gasteiger partial charge in [0.1, 0.15) is 11.6 Å². The maximum Gasteiger partial charge on any atom is 0.139 e. The van der Waals surface area contributed by atoms with Crippen molar-refractivity contribution in [1.29, 1.82) is 5.41 Å². The van der Waals surface area contributed by atoms with Gasteiger partial charge in [0.05, 0.1) is 32.1 Å². The van der Waals surface area contributed by atoms with E-state index in [2.05, 4.69) is 7.05 Å². The molecule has 0 aliphatic carbocycles. The summed E-state index contributed by atoms with van der Waals surface area (Å²) in [6.45, 7) is 2.62. The van der Waals surface area contributed by atoms with Crippen LogP contribution in [-0.4, -0.2) is 42.8 Å². The molecule has 0 radical (unpaired) electrons. The van der Waals surface area contributed by atoms with E-state index in [-0.39, 0.29) is 5.92 Å². The number of halogens is 2. The maximum absolute atomic E-state index is 13.9. The minimum absolute atomic E-state index is 0.00879. The van der Waals surface area contributed by atoms with E-state index in [1.54, 1.807) is 0 Å². The summed E-state index contributed by atoms with van der Waals surface area (Å²) in [5.41, 5.74) is 0.758. The fourth-order valence-corrected chi connectivity index (χ4v) is 6.30. The van der Waals surface area contributed by atoms with Crippen LogP contribution >= 0.6 is 11.8 Å². The largest absolute Gasteiger partial charge is 0.861 e. The lowest BCUT2D eigenvalue weighted by atomic mass is 9.65. The van der Waals surface area contributed by atoms with Crippen LogP contribution in [0.25, 0.3) is 0 Å². The van der Waals surface area contributed by atoms with Crippen LogP contribution in [-0.2, 0) is 5.41 Å². The van der Waals surface area contributed by atoms with Gasteiger partial charge in [-0.2, -0.15) is 0 Å². The molecule has 2 unspecified atom stereocenters. The Hall–Kier alpha value is -2.70. The number of quaternary nitrogens is 1. The number of rotatable bonds is 9. The lowest BCUT2D eigenvalue weighted by Crippen LogP contribution is -2.52. The van der Waals surface area contributed by atoms with Gasteiger partial charge in [0.2, 0.25) is 0 Å². The molecule has 1 saturated heterocycles. The molecule has 0 bridgehead atoms. The highest BCUT2D eigenvalue weighted by Gasteiger charge is 2.49. The lowest BCUT2D eigenvalue weighted by molar-refractivity contribution is -0.899. The summed E-state index contributed by atoms with van der Waals surface area (Å²) in [6.07, 6.45) is 1.73. The van der Waals surface area contributed by atoms with Gasteiger partial charge in [-0.05, 0) is 29.2 Å². The Kier molecular flexibility index (Phi) is 7.39. The van der Waals surface area contributed by atoms with Gasteiger partial charge < -0.3 is 15.0 Å². The topological polar surface area (TPSA) is 46.9 Å². The number of hydrogen-bond acceptors (Lipinski definition) is 3. The first kappa shape index (κ1) is 24.4. The van der Waals surface area contributed by atoms with Crippen molar-refractivity contribution in [3.8, 4) is 0 Å². The molecule has 0 saturated carbocycles. The zero-order valence-corrected chi connectivity index (χ0v) is 20.2. The van der Waals surface area contributed by atoms with E-state index in [4.69, 9.17) is 5.41 Å². The molecule has 6 heteroatoms. The van der Waals surface area contributed by atoms with E-state index in [9.17, 15) is 13.9 Å². The smallest absolute Gasteiger partial charge is 0.139 e. The third-order valence-electron chi connectivity index (χ3n) is 7.10. The van der Waals surface area contributed by atoms with E-state index in [0.29, 0.717) is 4.90 Å². The van der Waals surface area contributed by atoms with Crippen molar-refractivity contribution in [1.82, 2.24) is 0 Å². The molecule has 3 aromatic rings. The molecule has 1 aliphatic rings. The maximum atomic E-state index is 13.9. The lowest BCUT2D eigenvalue weighted by Gasteiger charge is -2.43. The summed E-state index contributed by atoms with van der Waals surface area (Å²) in [5.74, 6) is -0.899. The Morgan fingerprint density at radius 1 is 1.03 bits per heavy atom. The molecular formula is C28H30F2N2OS. The predicted molar refractivity (Wildman–Crippen MR) is 132 cm³/mol. The highest BCUT2D eigenvalue weighted by molar-refractivity contribution is 7.99. The Morgan fingerprint density at radius 2 is 1.65 bits per heavy atom. The Balaban J connectivity index is 1.51. The van der Waals surface area contributed by atoms with E-state index in [1.165, 1.54) is 23.9 Å². The van der Waals surface area contributed by atoms with Gasteiger partial charge in [0, 0.05) is 35.5 Å². The van der Waals surface area contributed by atoms with Crippen molar-refractivity contribution in [2.45, 2.75) is 23.2 Å². The molecule has 1 heterocycles. The van der Waals surface area contributed by atoms with Crippen LogP contribution in [0.5, 0.6) is 0 Å². The zero-order chi connectivity index (χ0) is 24.2. The molecule has 0 aromatic heterocycles. The average Bonchev–Trinajstić information content (AvgIpc) is 3.22. The second-order valence-electron chi connectivity index (χ2n) is 9.38. The van der Waals surface area contributed by atoms with Crippen LogP contribution in [0.1, 0.15) is 24.0 Å². The van der Waals surface area contributed by atoms with Crippen LogP contribution in [0, 0.1) is 23.0 Å². The molecule has 1 aliphatic heterocycles. The fourth-order valence-electron chi connectivity index (χ4n) is 5.45. The van der Waals surface area contributed by atoms with Gasteiger partial charge in [-0.15, -0.1) is 11.8 Å². The number of likely N-dealkylation sites (tertiary alicyclic amines) is 1. The quantitative estimate of drug-likeness (QED) is 0.150. The van der Waals surface area contributed by atoms with Gasteiger partial charge in [-0.1, -0.05) is 60.7 Å². The summed E-state index contributed by atoms with van der Waals surface area (Å²) in [7, 11) is 2.21. The summed E-state index contributed by atoms with van der Waals surface area (Å²) in [4.78, 5) is 0.468. The fraction of sp³-hybridized carbons (Fsp3) is 0.321. The number of benzene rings is 3. The van der Waals surface area contributed by atoms with Gasteiger partial charge in [-0.25, -0.2) is 8.78 Å². The number of hydrogen-bond donors (Lipinski definition) is 1. The minimum Gasteiger partial charge on any atom is -0.861 e. The molecule has 1 N–H and O–H groups in total. The second-order valence-corrected chi connectivity index (χ2v) is 10.5. The summed E-state index contributed by atoms with van der Waals surface area (Å²) in [5, 5.41) is 21.6. The van der Waals surface area contributed by atoms with Crippen molar-refractivity contribution >= 4 is 17.7 Å². The molecule has 0 amide bonds. The number of nitrogens with one attached hydrogen (secondary N) is 1. The summed E-state index contributed by atoms with van der Waals surface area (Å²) >= 11 is 1.41. The first-order valence-corrected chi connectivity index (χ1v) is 12.6. The van der Waals surface area contributed by atoms with Crippen molar-refractivity contribution < 1.29 is 18.4 Å². The van der Waals surface area contributed by atoms with Gasteiger partial charge in [-0.3, -0.25) is 0 Å². The van der Waals surface area contributed by atoms with Crippen LogP contribution in [0.15, 0.2) is 83.8 Å².